The average Bonchev–Trinajstić information content (AvgIpc) is 2.96. The summed E-state index contributed by atoms with van der Waals surface area (Å²) in [5.74, 6) is 0. The van der Waals surface area contributed by atoms with Crippen LogP contribution in [0, 0.1) is 0 Å². The first-order chi connectivity index (χ1) is 7.41. The van der Waals surface area contributed by atoms with Crippen LogP contribution in [-0.4, -0.2) is 7.05 Å². The summed E-state index contributed by atoms with van der Waals surface area (Å²) in [6, 6.07) is 3.92. The fourth-order valence-electron chi connectivity index (χ4n) is 2.00. The molecule has 1 saturated carbocycles. The lowest BCUT2D eigenvalue weighted by atomic mass is 9.98. The van der Waals surface area contributed by atoms with E-state index < -0.39 is 17.3 Å². The van der Waals surface area contributed by atoms with Crippen LogP contribution in [0.4, 0.5) is 13.2 Å². The third-order valence-corrected chi connectivity index (χ3v) is 3.34. The number of halogens is 4. The minimum absolute atomic E-state index is 0.182. The van der Waals surface area contributed by atoms with E-state index >= 15 is 0 Å². The Morgan fingerprint density at radius 1 is 1.31 bits per heavy atom. The van der Waals surface area contributed by atoms with Gasteiger partial charge in [0.15, 0.2) is 0 Å². The lowest BCUT2D eigenvalue weighted by Gasteiger charge is -2.21. The van der Waals surface area contributed by atoms with E-state index in [4.69, 9.17) is 11.6 Å². The number of alkyl halides is 3. The lowest BCUT2D eigenvalue weighted by molar-refractivity contribution is -0.138. The fraction of sp³-hybridized carbons (Fsp3) is 0.455. The van der Waals surface area contributed by atoms with Gasteiger partial charge in [-0.3, -0.25) is 0 Å². The molecule has 1 aromatic rings. The van der Waals surface area contributed by atoms with E-state index in [9.17, 15) is 13.2 Å². The zero-order valence-electron chi connectivity index (χ0n) is 8.66. The molecule has 1 fully saturated rings. The van der Waals surface area contributed by atoms with Crippen LogP contribution >= 0.6 is 11.6 Å². The first-order valence-electron chi connectivity index (χ1n) is 4.96. The standard InChI is InChI=1S/C11H11ClF3N/c1-16-10(5-6-10)9-7(11(13,14)15)3-2-4-8(9)12/h2-4,16H,5-6H2,1H3. The van der Waals surface area contributed by atoms with Crippen molar-refractivity contribution < 1.29 is 13.2 Å². The van der Waals surface area contributed by atoms with Gasteiger partial charge in [-0.25, -0.2) is 0 Å². The van der Waals surface area contributed by atoms with Crippen LogP contribution in [-0.2, 0) is 11.7 Å². The van der Waals surface area contributed by atoms with Crippen molar-refractivity contribution in [2.45, 2.75) is 24.6 Å². The van der Waals surface area contributed by atoms with Crippen LogP contribution in [0.25, 0.3) is 0 Å². The van der Waals surface area contributed by atoms with E-state index in [0.717, 1.165) is 6.07 Å². The Morgan fingerprint density at radius 2 is 1.94 bits per heavy atom. The van der Waals surface area contributed by atoms with Crippen molar-refractivity contribution in [2.75, 3.05) is 7.05 Å². The van der Waals surface area contributed by atoms with Crippen LogP contribution in [0.3, 0.4) is 0 Å². The van der Waals surface area contributed by atoms with Gasteiger partial charge in [-0.15, -0.1) is 0 Å². The third kappa shape index (κ3) is 1.80. The molecular weight excluding hydrogens is 239 g/mol. The number of nitrogens with one attached hydrogen (secondary N) is 1. The predicted molar refractivity (Wildman–Crippen MR) is 56.4 cm³/mol. The second-order valence-corrected chi connectivity index (χ2v) is 4.40. The Balaban J connectivity index is 2.59. The number of rotatable bonds is 2. The molecule has 2 rings (SSSR count). The lowest BCUT2D eigenvalue weighted by Crippen LogP contribution is -2.28. The van der Waals surface area contributed by atoms with Crippen molar-refractivity contribution >= 4 is 11.6 Å². The second kappa shape index (κ2) is 3.64. The molecule has 1 aliphatic rings. The molecule has 0 spiro atoms. The molecular formula is C11H11ClF3N. The molecule has 0 radical (unpaired) electrons. The van der Waals surface area contributed by atoms with Crippen molar-refractivity contribution in [3.05, 3.63) is 34.3 Å². The van der Waals surface area contributed by atoms with Crippen LogP contribution in [0.2, 0.25) is 5.02 Å². The first-order valence-corrected chi connectivity index (χ1v) is 5.34. The first kappa shape index (κ1) is 11.7. The number of hydrogen-bond donors (Lipinski definition) is 1. The second-order valence-electron chi connectivity index (χ2n) is 3.99. The topological polar surface area (TPSA) is 12.0 Å². The SMILES string of the molecule is CNC1(c2c(Cl)cccc2C(F)(F)F)CC1. The maximum atomic E-state index is 12.8. The summed E-state index contributed by atoms with van der Waals surface area (Å²) >= 11 is 5.90. The van der Waals surface area contributed by atoms with E-state index in [2.05, 4.69) is 5.32 Å². The van der Waals surface area contributed by atoms with Gasteiger partial charge in [0.2, 0.25) is 0 Å². The van der Waals surface area contributed by atoms with Gasteiger partial charge in [-0.2, -0.15) is 13.2 Å². The van der Waals surface area contributed by atoms with Crippen molar-refractivity contribution in [3.63, 3.8) is 0 Å². The number of hydrogen-bond acceptors (Lipinski definition) is 1. The molecule has 1 aromatic carbocycles. The summed E-state index contributed by atoms with van der Waals surface area (Å²) in [7, 11) is 1.66. The zero-order chi connectivity index (χ0) is 12.0. The van der Waals surface area contributed by atoms with Crippen LogP contribution in [0.15, 0.2) is 18.2 Å². The molecule has 0 aliphatic heterocycles. The van der Waals surface area contributed by atoms with Crippen LogP contribution in [0.1, 0.15) is 24.0 Å². The van der Waals surface area contributed by atoms with Crippen molar-refractivity contribution in [3.8, 4) is 0 Å². The average molecular weight is 250 g/mol. The van der Waals surface area contributed by atoms with E-state index in [1.165, 1.54) is 12.1 Å². The molecule has 1 N–H and O–H groups in total. The molecule has 0 amide bonds. The molecule has 0 heterocycles. The van der Waals surface area contributed by atoms with Crippen LogP contribution in [0.5, 0.6) is 0 Å². The summed E-state index contributed by atoms with van der Waals surface area (Å²) < 4.78 is 38.5. The Kier molecular flexibility index (Phi) is 2.67. The molecule has 0 aromatic heterocycles. The Labute approximate surface area is 96.6 Å². The molecule has 0 bridgehead atoms. The van der Waals surface area contributed by atoms with Gasteiger partial charge in [0.05, 0.1) is 5.56 Å². The third-order valence-electron chi connectivity index (χ3n) is 3.03. The summed E-state index contributed by atoms with van der Waals surface area (Å²) in [5, 5.41) is 3.12. The van der Waals surface area contributed by atoms with Crippen molar-refractivity contribution in [1.29, 1.82) is 0 Å². The van der Waals surface area contributed by atoms with Gasteiger partial charge < -0.3 is 5.32 Å². The van der Waals surface area contributed by atoms with Gasteiger partial charge in [0, 0.05) is 16.1 Å². The predicted octanol–water partition coefficient (Wildman–Crippen LogP) is 3.57. The summed E-state index contributed by atoms with van der Waals surface area (Å²) in [6.45, 7) is 0. The minimum Gasteiger partial charge on any atom is -0.310 e. The van der Waals surface area contributed by atoms with Crippen LogP contribution < -0.4 is 5.32 Å². The van der Waals surface area contributed by atoms with Crippen molar-refractivity contribution in [1.82, 2.24) is 5.32 Å². The highest BCUT2D eigenvalue weighted by Crippen LogP contribution is 2.51. The van der Waals surface area contributed by atoms with Gasteiger partial charge in [-0.1, -0.05) is 17.7 Å². The highest BCUT2D eigenvalue weighted by atomic mass is 35.5. The summed E-state index contributed by atoms with van der Waals surface area (Å²) in [6.07, 6.45) is -2.97. The largest absolute Gasteiger partial charge is 0.416 e. The van der Waals surface area contributed by atoms with Gasteiger partial charge in [0.25, 0.3) is 0 Å². The van der Waals surface area contributed by atoms with E-state index in [0.29, 0.717) is 12.8 Å². The maximum absolute atomic E-state index is 12.8. The highest BCUT2D eigenvalue weighted by Gasteiger charge is 2.49. The number of benzene rings is 1. The van der Waals surface area contributed by atoms with Gasteiger partial charge in [0.1, 0.15) is 0 Å². The van der Waals surface area contributed by atoms with E-state index in [-0.39, 0.29) is 10.6 Å². The molecule has 1 aliphatic carbocycles. The zero-order valence-corrected chi connectivity index (χ0v) is 9.41. The summed E-state index contributed by atoms with van der Waals surface area (Å²) in [4.78, 5) is 0. The Bertz CT molecular complexity index is 410. The molecule has 5 heteroatoms. The quantitative estimate of drug-likeness (QED) is 0.845. The molecule has 0 unspecified atom stereocenters. The minimum atomic E-state index is -4.35. The maximum Gasteiger partial charge on any atom is 0.416 e. The fourth-order valence-corrected chi connectivity index (χ4v) is 2.35. The molecule has 1 nitrogen and oxygen atoms in total. The highest BCUT2D eigenvalue weighted by molar-refractivity contribution is 6.31. The molecule has 16 heavy (non-hydrogen) atoms. The Hall–Kier alpha value is -0.740. The monoisotopic (exact) mass is 249 g/mol. The van der Waals surface area contributed by atoms with E-state index in [1.807, 2.05) is 0 Å². The van der Waals surface area contributed by atoms with Gasteiger partial charge >= 0.3 is 6.18 Å². The van der Waals surface area contributed by atoms with Crippen molar-refractivity contribution in [2.24, 2.45) is 0 Å². The normalized spacial score (nSPS) is 18.6. The molecule has 0 saturated heterocycles. The summed E-state index contributed by atoms with van der Waals surface area (Å²) in [5.41, 5.74) is -1.03. The molecule has 0 atom stereocenters. The van der Waals surface area contributed by atoms with Gasteiger partial charge in [-0.05, 0) is 32.0 Å². The smallest absolute Gasteiger partial charge is 0.310 e. The molecule has 88 valence electrons. The Morgan fingerprint density at radius 3 is 2.38 bits per heavy atom. The van der Waals surface area contributed by atoms with E-state index in [1.54, 1.807) is 7.05 Å².